The number of nitrogens with zero attached hydrogens (tertiary/aromatic N) is 2. The summed E-state index contributed by atoms with van der Waals surface area (Å²) in [5, 5.41) is 0. The minimum absolute atomic E-state index is 0.0280. The molecule has 0 N–H and O–H groups in total. The molecule has 1 unspecified atom stereocenters. The van der Waals surface area contributed by atoms with E-state index in [-0.39, 0.29) is 29.9 Å². The molecule has 2 aliphatic heterocycles. The van der Waals surface area contributed by atoms with Crippen LogP contribution in [0.5, 0.6) is 0 Å². The van der Waals surface area contributed by atoms with Crippen LogP contribution in [0.3, 0.4) is 0 Å². The highest BCUT2D eigenvalue weighted by molar-refractivity contribution is 8.13. The summed E-state index contributed by atoms with van der Waals surface area (Å²) in [4.78, 5) is 27.1. The van der Waals surface area contributed by atoms with E-state index in [2.05, 4.69) is 0 Å². The zero-order valence-corrected chi connectivity index (χ0v) is 14.2. The maximum Gasteiger partial charge on any atom is 0.232 e. The summed E-state index contributed by atoms with van der Waals surface area (Å²) < 4.78 is 22.4. The molecule has 0 spiro atoms. The van der Waals surface area contributed by atoms with Crippen molar-refractivity contribution >= 4 is 42.9 Å². The van der Waals surface area contributed by atoms with E-state index >= 15 is 0 Å². The van der Waals surface area contributed by atoms with Crippen molar-refractivity contribution in [2.75, 3.05) is 28.6 Å². The van der Waals surface area contributed by atoms with Crippen molar-refractivity contribution in [3.63, 3.8) is 0 Å². The fourth-order valence-electron chi connectivity index (χ4n) is 3.29. The van der Waals surface area contributed by atoms with Gasteiger partial charge in [-0.2, -0.15) is 0 Å². The third kappa shape index (κ3) is 3.35. The molecule has 1 saturated heterocycles. The Morgan fingerprint density at radius 1 is 1.39 bits per heavy atom. The van der Waals surface area contributed by atoms with Gasteiger partial charge >= 0.3 is 0 Å². The number of rotatable bonds is 3. The van der Waals surface area contributed by atoms with Gasteiger partial charge in [-0.25, -0.2) is 8.42 Å². The Balaban J connectivity index is 1.84. The molecule has 1 atom stereocenters. The second-order valence-electron chi connectivity index (χ2n) is 6.01. The van der Waals surface area contributed by atoms with Crippen molar-refractivity contribution in [3.05, 3.63) is 23.8 Å². The van der Waals surface area contributed by atoms with E-state index in [1.807, 2.05) is 18.2 Å². The van der Waals surface area contributed by atoms with E-state index in [4.69, 9.17) is 10.7 Å². The Morgan fingerprint density at radius 2 is 2.13 bits per heavy atom. The Morgan fingerprint density at radius 3 is 2.78 bits per heavy atom. The number of amides is 2. The molecule has 3 rings (SSSR count). The third-order valence-corrected chi connectivity index (χ3v) is 5.54. The second kappa shape index (κ2) is 5.79. The van der Waals surface area contributed by atoms with Crippen LogP contribution in [0.15, 0.2) is 18.2 Å². The first-order chi connectivity index (χ1) is 10.7. The van der Waals surface area contributed by atoms with E-state index in [0.29, 0.717) is 18.8 Å². The number of carbonyl (C=O) groups excluding carboxylic acids is 2. The Bertz CT molecular complexity index is 778. The molecule has 8 heteroatoms. The van der Waals surface area contributed by atoms with Crippen molar-refractivity contribution < 1.29 is 18.0 Å². The van der Waals surface area contributed by atoms with Gasteiger partial charge in [0, 0.05) is 54.4 Å². The molecule has 124 valence electrons. The van der Waals surface area contributed by atoms with Gasteiger partial charge in [-0.1, -0.05) is 6.07 Å². The van der Waals surface area contributed by atoms with Crippen LogP contribution in [-0.4, -0.2) is 39.1 Å². The van der Waals surface area contributed by atoms with Gasteiger partial charge in [0.15, 0.2) is 0 Å². The number of benzene rings is 1. The zero-order chi connectivity index (χ0) is 16.8. The highest BCUT2D eigenvalue weighted by atomic mass is 35.7. The summed E-state index contributed by atoms with van der Waals surface area (Å²) in [6.45, 7) is 2.49. The summed E-state index contributed by atoms with van der Waals surface area (Å²) in [6.07, 6.45) is 0.968. The van der Waals surface area contributed by atoms with Crippen molar-refractivity contribution in [3.8, 4) is 0 Å². The summed E-state index contributed by atoms with van der Waals surface area (Å²) in [6, 6.07) is 5.60. The summed E-state index contributed by atoms with van der Waals surface area (Å²) in [5.41, 5.74) is 2.60. The molecule has 0 radical (unpaired) electrons. The topological polar surface area (TPSA) is 74.8 Å². The monoisotopic (exact) mass is 356 g/mol. The van der Waals surface area contributed by atoms with Crippen molar-refractivity contribution in [2.45, 2.75) is 19.8 Å². The number of carbonyl (C=O) groups is 2. The largest absolute Gasteiger partial charge is 0.312 e. The lowest BCUT2D eigenvalue weighted by molar-refractivity contribution is -0.117. The van der Waals surface area contributed by atoms with Crippen LogP contribution in [0.25, 0.3) is 0 Å². The van der Waals surface area contributed by atoms with Crippen LogP contribution in [-0.2, 0) is 25.1 Å². The minimum atomic E-state index is -3.63. The maximum absolute atomic E-state index is 12.2. The average Bonchev–Trinajstić information content (AvgIpc) is 2.99. The lowest BCUT2D eigenvalue weighted by atomic mass is 10.1. The fraction of sp³-hybridized carbons (Fsp3) is 0.467. The lowest BCUT2D eigenvalue weighted by Crippen LogP contribution is -2.27. The maximum atomic E-state index is 12.2. The number of hydrogen-bond donors (Lipinski definition) is 0. The van der Waals surface area contributed by atoms with E-state index < -0.39 is 9.05 Å². The molecule has 1 aromatic carbocycles. The van der Waals surface area contributed by atoms with Crippen LogP contribution < -0.4 is 9.80 Å². The molecule has 0 saturated carbocycles. The quantitative estimate of drug-likeness (QED) is 0.769. The molecular weight excluding hydrogens is 340 g/mol. The SMILES string of the molecule is CC(=O)N1CCc2ccc(N3CC(CS(=O)(=O)Cl)CC3=O)cc21. The van der Waals surface area contributed by atoms with Gasteiger partial charge < -0.3 is 9.80 Å². The average molecular weight is 357 g/mol. The van der Waals surface area contributed by atoms with E-state index in [1.54, 1.807) is 9.80 Å². The number of fused-ring (bicyclic) bond motifs is 1. The summed E-state index contributed by atoms with van der Waals surface area (Å²) >= 11 is 0. The normalized spacial score (nSPS) is 21.0. The molecule has 23 heavy (non-hydrogen) atoms. The van der Waals surface area contributed by atoms with Gasteiger partial charge in [-0.05, 0) is 24.1 Å². The number of hydrogen-bond acceptors (Lipinski definition) is 4. The standard InChI is InChI=1S/C15H17ClN2O4S/c1-10(19)17-5-4-12-2-3-13(7-14(12)17)18-8-11(6-15(18)20)9-23(16,21)22/h2-3,7,11H,4-6,8-9H2,1H3. The minimum Gasteiger partial charge on any atom is -0.312 e. The van der Waals surface area contributed by atoms with E-state index in [9.17, 15) is 18.0 Å². The predicted molar refractivity (Wildman–Crippen MR) is 88.3 cm³/mol. The van der Waals surface area contributed by atoms with Gasteiger partial charge in [0.1, 0.15) is 0 Å². The highest BCUT2D eigenvalue weighted by Crippen LogP contribution is 2.34. The van der Waals surface area contributed by atoms with Gasteiger partial charge in [0.25, 0.3) is 0 Å². The highest BCUT2D eigenvalue weighted by Gasteiger charge is 2.34. The van der Waals surface area contributed by atoms with Gasteiger partial charge in [0.2, 0.25) is 20.9 Å². The molecule has 2 amide bonds. The van der Waals surface area contributed by atoms with Crippen molar-refractivity contribution in [1.82, 2.24) is 0 Å². The van der Waals surface area contributed by atoms with Crippen LogP contribution >= 0.6 is 10.7 Å². The van der Waals surface area contributed by atoms with Crippen LogP contribution in [0.2, 0.25) is 0 Å². The van der Waals surface area contributed by atoms with Crippen LogP contribution in [0.4, 0.5) is 11.4 Å². The van der Waals surface area contributed by atoms with Gasteiger partial charge in [0.05, 0.1) is 5.75 Å². The molecule has 0 aliphatic carbocycles. The molecule has 1 aromatic rings. The van der Waals surface area contributed by atoms with E-state index in [0.717, 1.165) is 17.7 Å². The first kappa shape index (κ1) is 16.3. The first-order valence-electron chi connectivity index (χ1n) is 7.38. The van der Waals surface area contributed by atoms with Gasteiger partial charge in [-0.3, -0.25) is 9.59 Å². The number of halogens is 1. The molecular formula is C15H17ClN2O4S. The zero-order valence-electron chi connectivity index (χ0n) is 12.7. The van der Waals surface area contributed by atoms with Crippen molar-refractivity contribution in [1.29, 1.82) is 0 Å². The smallest absolute Gasteiger partial charge is 0.232 e. The number of anilines is 2. The van der Waals surface area contributed by atoms with Crippen LogP contribution in [0, 0.1) is 5.92 Å². The Hall–Kier alpha value is -1.60. The molecule has 6 nitrogen and oxygen atoms in total. The molecule has 1 fully saturated rings. The summed E-state index contributed by atoms with van der Waals surface area (Å²) in [5.74, 6) is -0.661. The molecule has 2 heterocycles. The third-order valence-electron chi connectivity index (χ3n) is 4.30. The van der Waals surface area contributed by atoms with Crippen molar-refractivity contribution in [2.24, 2.45) is 5.92 Å². The second-order valence-corrected chi connectivity index (χ2v) is 8.84. The molecule has 2 aliphatic rings. The fourth-order valence-corrected chi connectivity index (χ4v) is 4.61. The Labute approximate surface area is 139 Å². The molecule has 0 bridgehead atoms. The van der Waals surface area contributed by atoms with E-state index in [1.165, 1.54) is 6.92 Å². The first-order valence-corrected chi connectivity index (χ1v) is 9.86. The van der Waals surface area contributed by atoms with Crippen LogP contribution in [0.1, 0.15) is 18.9 Å². The Kier molecular flexibility index (Phi) is 4.10. The summed E-state index contributed by atoms with van der Waals surface area (Å²) in [7, 11) is 1.66. The van der Waals surface area contributed by atoms with Gasteiger partial charge in [-0.15, -0.1) is 0 Å². The lowest BCUT2D eigenvalue weighted by Gasteiger charge is -2.20. The molecule has 0 aromatic heterocycles. The predicted octanol–water partition coefficient (Wildman–Crippen LogP) is 1.52.